The van der Waals surface area contributed by atoms with Gasteiger partial charge in [0.2, 0.25) is 0 Å². The molecule has 0 fully saturated rings. The van der Waals surface area contributed by atoms with E-state index in [1.165, 1.54) is 0 Å². The van der Waals surface area contributed by atoms with Gasteiger partial charge in [0.1, 0.15) is 11.4 Å². The molecule has 5 nitrogen and oxygen atoms in total. The largest absolute Gasteiger partial charge is 0.494 e. The average molecular weight is 260 g/mol. The predicted molar refractivity (Wildman–Crippen MR) is 76.3 cm³/mol. The van der Waals surface area contributed by atoms with Crippen molar-refractivity contribution in [1.82, 2.24) is 15.4 Å². The highest BCUT2D eigenvalue weighted by atomic mass is 16.5. The molecule has 0 spiro atoms. The SMILES string of the molecule is CNc1n[nH]nc1-c1cccc(OCCC(C)C)c1. The van der Waals surface area contributed by atoms with Crippen LogP contribution in [0.25, 0.3) is 11.3 Å². The Morgan fingerprint density at radius 3 is 2.89 bits per heavy atom. The molecule has 0 aliphatic carbocycles. The van der Waals surface area contributed by atoms with Gasteiger partial charge in [0, 0.05) is 12.6 Å². The Hall–Kier alpha value is -2.04. The van der Waals surface area contributed by atoms with Crippen LogP contribution in [0.1, 0.15) is 20.3 Å². The van der Waals surface area contributed by atoms with E-state index in [0.29, 0.717) is 5.92 Å². The molecule has 0 aliphatic rings. The normalized spacial score (nSPS) is 10.7. The number of ether oxygens (including phenoxy) is 1. The Bertz CT molecular complexity index is 522. The highest BCUT2D eigenvalue weighted by molar-refractivity contribution is 5.71. The molecule has 0 saturated carbocycles. The van der Waals surface area contributed by atoms with E-state index in [1.807, 2.05) is 31.3 Å². The minimum atomic E-state index is 0.648. The number of rotatable bonds is 6. The van der Waals surface area contributed by atoms with Crippen LogP contribution in [0.4, 0.5) is 5.82 Å². The van der Waals surface area contributed by atoms with E-state index in [1.54, 1.807) is 0 Å². The van der Waals surface area contributed by atoms with Crippen LogP contribution in [-0.4, -0.2) is 29.1 Å². The molecule has 0 saturated heterocycles. The summed E-state index contributed by atoms with van der Waals surface area (Å²) >= 11 is 0. The molecule has 1 heterocycles. The topological polar surface area (TPSA) is 62.8 Å². The van der Waals surface area contributed by atoms with Gasteiger partial charge in [-0.25, -0.2) is 0 Å². The third-order valence-corrected chi connectivity index (χ3v) is 2.86. The second-order valence-electron chi connectivity index (χ2n) is 4.83. The zero-order chi connectivity index (χ0) is 13.7. The third-order valence-electron chi connectivity index (χ3n) is 2.86. The molecule has 19 heavy (non-hydrogen) atoms. The van der Waals surface area contributed by atoms with Crippen molar-refractivity contribution in [3.05, 3.63) is 24.3 Å². The number of benzene rings is 1. The summed E-state index contributed by atoms with van der Waals surface area (Å²) in [5.41, 5.74) is 1.79. The number of aromatic nitrogens is 3. The van der Waals surface area contributed by atoms with Gasteiger partial charge in [-0.2, -0.15) is 10.3 Å². The van der Waals surface area contributed by atoms with Crippen LogP contribution >= 0.6 is 0 Å². The van der Waals surface area contributed by atoms with Gasteiger partial charge in [-0.05, 0) is 24.5 Å². The number of hydrogen-bond acceptors (Lipinski definition) is 4. The molecule has 0 unspecified atom stereocenters. The first kappa shape index (κ1) is 13.4. The molecule has 2 rings (SSSR count). The van der Waals surface area contributed by atoms with Gasteiger partial charge in [-0.1, -0.05) is 26.0 Å². The molecular weight excluding hydrogens is 240 g/mol. The van der Waals surface area contributed by atoms with Crippen LogP contribution < -0.4 is 10.1 Å². The van der Waals surface area contributed by atoms with E-state index in [4.69, 9.17) is 4.74 Å². The van der Waals surface area contributed by atoms with E-state index in [9.17, 15) is 0 Å². The second kappa shape index (κ2) is 6.22. The lowest BCUT2D eigenvalue weighted by molar-refractivity contribution is 0.289. The minimum Gasteiger partial charge on any atom is -0.494 e. The van der Waals surface area contributed by atoms with Crippen molar-refractivity contribution in [2.75, 3.05) is 19.0 Å². The van der Waals surface area contributed by atoms with Crippen LogP contribution in [0.5, 0.6) is 5.75 Å². The first-order valence-corrected chi connectivity index (χ1v) is 6.52. The maximum atomic E-state index is 5.75. The molecule has 2 aromatic rings. The lowest BCUT2D eigenvalue weighted by Gasteiger charge is -2.09. The second-order valence-corrected chi connectivity index (χ2v) is 4.83. The third kappa shape index (κ3) is 3.47. The van der Waals surface area contributed by atoms with Crippen molar-refractivity contribution in [2.45, 2.75) is 20.3 Å². The van der Waals surface area contributed by atoms with Crippen LogP contribution in [0.15, 0.2) is 24.3 Å². The van der Waals surface area contributed by atoms with E-state index in [0.717, 1.165) is 35.9 Å². The summed E-state index contributed by atoms with van der Waals surface area (Å²) in [6, 6.07) is 7.91. The van der Waals surface area contributed by atoms with Gasteiger partial charge in [0.05, 0.1) is 6.61 Å². The van der Waals surface area contributed by atoms with E-state index < -0.39 is 0 Å². The number of H-pyrrole nitrogens is 1. The van der Waals surface area contributed by atoms with Crippen molar-refractivity contribution < 1.29 is 4.74 Å². The summed E-state index contributed by atoms with van der Waals surface area (Å²) < 4.78 is 5.75. The standard InChI is InChI=1S/C14H20N4O/c1-10(2)7-8-19-12-6-4-5-11(9-12)13-14(15-3)17-18-16-13/h4-6,9-10H,7-8H2,1-3H3,(H2,15,16,17,18). The summed E-state index contributed by atoms with van der Waals surface area (Å²) in [5.74, 6) is 2.25. The molecule has 5 heteroatoms. The molecule has 1 aromatic carbocycles. The fourth-order valence-corrected chi connectivity index (χ4v) is 1.75. The summed E-state index contributed by atoms with van der Waals surface area (Å²) in [4.78, 5) is 0. The first-order chi connectivity index (χ1) is 9.20. The van der Waals surface area contributed by atoms with Crippen LogP contribution in [0, 0.1) is 5.92 Å². The van der Waals surface area contributed by atoms with Gasteiger partial charge in [-0.3, -0.25) is 0 Å². The molecule has 0 atom stereocenters. The predicted octanol–water partition coefficient (Wildman–Crippen LogP) is 2.94. The lowest BCUT2D eigenvalue weighted by atomic mass is 10.1. The molecule has 2 N–H and O–H groups in total. The highest BCUT2D eigenvalue weighted by Crippen LogP contribution is 2.26. The van der Waals surface area contributed by atoms with Gasteiger partial charge in [0.25, 0.3) is 0 Å². The number of hydrogen-bond donors (Lipinski definition) is 2. The van der Waals surface area contributed by atoms with E-state index >= 15 is 0 Å². The maximum absolute atomic E-state index is 5.75. The number of anilines is 1. The maximum Gasteiger partial charge on any atom is 0.176 e. The summed E-state index contributed by atoms with van der Waals surface area (Å²) in [6.45, 7) is 5.11. The quantitative estimate of drug-likeness (QED) is 0.838. The average Bonchev–Trinajstić information content (AvgIpc) is 2.87. The molecule has 102 valence electrons. The minimum absolute atomic E-state index is 0.648. The fraction of sp³-hybridized carbons (Fsp3) is 0.429. The Kier molecular flexibility index (Phi) is 4.39. The van der Waals surface area contributed by atoms with Crippen molar-refractivity contribution in [3.8, 4) is 17.0 Å². The fourth-order valence-electron chi connectivity index (χ4n) is 1.75. The number of nitrogens with zero attached hydrogens (tertiary/aromatic N) is 2. The molecular formula is C14H20N4O. The monoisotopic (exact) mass is 260 g/mol. The van der Waals surface area contributed by atoms with Crippen molar-refractivity contribution in [3.63, 3.8) is 0 Å². The Morgan fingerprint density at radius 2 is 2.16 bits per heavy atom. The number of nitrogens with one attached hydrogen (secondary N) is 2. The first-order valence-electron chi connectivity index (χ1n) is 6.52. The molecule has 0 amide bonds. The summed E-state index contributed by atoms with van der Waals surface area (Å²) in [5, 5.41) is 13.8. The molecule has 0 aliphatic heterocycles. The van der Waals surface area contributed by atoms with Crippen LogP contribution in [-0.2, 0) is 0 Å². The van der Waals surface area contributed by atoms with E-state index in [-0.39, 0.29) is 0 Å². The van der Waals surface area contributed by atoms with E-state index in [2.05, 4.69) is 34.6 Å². The van der Waals surface area contributed by atoms with Gasteiger partial charge >= 0.3 is 0 Å². The Balaban J connectivity index is 2.11. The summed E-state index contributed by atoms with van der Waals surface area (Å²) in [7, 11) is 1.82. The van der Waals surface area contributed by atoms with Gasteiger partial charge in [0.15, 0.2) is 5.82 Å². The summed E-state index contributed by atoms with van der Waals surface area (Å²) in [6.07, 6.45) is 1.05. The van der Waals surface area contributed by atoms with Crippen molar-refractivity contribution >= 4 is 5.82 Å². The van der Waals surface area contributed by atoms with Gasteiger partial charge in [-0.15, -0.1) is 5.10 Å². The van der Waals surface area contributed by atoms with Crippen LogP contribution in [0.2, 0.25) is 0 Å². The zero-order valence-electron chi connectivity index (χ0n) is 11.6. The zero-order valence-corrected chi connectivity index (χ0v) is 11.6. The molecule has 1 aromatic heterocycles. The Labute approximate surface area is 113 Å². The number of aromatic amines is 1. The molecule has 0 bridgehead atoms. The molecule has 0 radical (unpaired) electrons. The smallest absolute Gasteiger partial charge is 0.176 e. The Morgan fingerprint density at radius 1 is 1.32 bits per heavy atom. The van der Waals surface area contributed by atoms with Crippen molar-refractivity contribution in [1.29, 1.82) is 0 Å². The van der Waals surface area contributed by atoms with Gasteiger partial charge < -0.3 is 10.1 Å². The highest BCUT2D eigenvalue weighted by Gasteiger charge is 2.09. The van der Waals surface area contributed by atoms with Crippen LogP contribution in [0.3, 0.4) is 0 Å². The van der Waals surface area contributed by atoms with Crippen molar-refractivity contribution in [2.24, 2.45) is 5.92 Å². The lowest BCUT2D eigenvalue weighted by Crippen LogP contribution is -2.01.